The molecule has 0 aliphatic carbocycles. The number of nitrogens with one attached hydrogen (secondary N) is 2. The van der Waals surface area contributed by atoms with E-state index in [9.17, 15) is 14.4 Å². The Bertz CT molecular complexity index is 634. The van der Waals surface area contributed by atoms with E-state index < -0.39 is 12.1 Å². The average molecular weight is 330 g/mol. The third kappa shape index (κ3) is 3.56. The SMILES string of the molecule is CN1CCN(C(=O)CC[C@@H]2NC(=O)NC2=O)[C@@H](c2ccccc2)C1. The van der Waals surface area contributed by atoms with Crippen molar-refractivity contribution in [2.24, 2.45) is 0 Å². The summed E-state index contributed by atoms with van der Waals surface area (Å²) >= 11 is 0. The maximum Gasteiger partial charge on any atom is 0.322 e. The molecule has 2 atom stereocenters. The second kappa shape index (κ2) is 7.00. The van der Waals surface area contributed by atoms with Crippen molar-refractivity contribution in [1.82, 2.24) is 20.4 Å². The molecular formula is C17H22N4O3. The van der Waals surface area contributed by atoms with E-state index in [0.717, 1.165) is 18.7 Å². The molecule has 2 N–H and O–H groups in total. The van der Waals surface area contributed by atoms with E-state index in [2.05, 4.69) is 22.6 Å². The number of carbonyl (C=O) groups excluding carboxylic acids is 3. The molecule has 2 saturated heterocycles. The average Bonchev–Trinajstić information content (AvgIpc) is 2.91. The number of hydrogen-bond donors (Lipinski definition) is 2. The van der Waals surface area contributed by atoms with Crippen molar-refractivity contribution < 1.29 is 14.4 Å². The van der Waals surface area contributed by atoms with Crippen LogP contribution in [0.4, 0.5) is 4.79 Å². The Morgan fingerprint density at radius 3 is 2.62 bits per heavy atom. The van der Waals surface area contributed by atoms with Crippen LogP contribution >= 0.6 is 0 Å². The Kier molecular flexibility index (Phi) is 4.80. The predicted octanol–water partition coefficient (Wildman–Crippen LogP) is 0.490. The van der Waals surface area contributed by atoms with Crippen molar-refractivity contribution in [3.8, 4) is 0 Å². The maximum absolute atomic E-state index is 12.7. The highest BCUT2D eigenvalue weighted by molar-refractivity contribution is 6.04. The molecule has 3 rings (SSSR count). The summed E-state index contributed by atoms with van der Waals surface area (Å²) in [6.45, 7) is 2.28. The second-order valence-electron chi connectivity index (χ2n) is 6.33. The summed E-state index contributed by atoms with van der Waals surface area (Å²) in [6, 6.07) is 8.91. The first-order chi connectivity index (χ1) is 11.5. The molecule has 2 fully saturated rings. The van der Waals surface area contributed by atoms with Crippen molar-refractivity contribution in [3.05, 3.63) is 35.9 Å². The van der Waals surface area contributed by atoms with Gasteiger partial charge in [-0.3, -0.25) is 14.9 Å². The zero-order chi connectivity index (χ0) is 17.1. The van der Waals surface area contributed by atoms with Gasteiger partial charge in [0.1, 0.15) is 6.04 Å². The van der Waals surface area contributed by atoms with Crippen LogP contribution in [-0.4, -0.2) is 60.4 Å². The molecule has 2 aliphatic rings. The van der Waals surface area contributed by atoms with E-state index in [1.807, 2.05) is 35.2 Å². The fourth-order valence-corrected chi connectivity index (χ4v) is 3.25. The molecule has 2 aliphatic heterocycles. The molecule has 2 heterocycles. The van der Waals surface area contributed by atoms with Crippen molar-refractivity contribution >= 4 is 17.8 Å². The van der Waals surface area contributed by atoms with Crippen LogP contribution < -0.4 is 10.6 Å². The monoisotopic (exact) mass is 330 g/mol. The van der Waals surface area contributed by atoms with E-state index in [0.29, 0.717) is 13.0 Å². The number of carbonyl (C=O) groups is 3. The summed E-state index contributed by atoms with van der Waals surface area (Å²) in [7, 11) is 2.05. The number of likely N-dealkylation sites (N-methyl/N-ethyl adjacent to an activating group) is 1. The first-order valence-corrected chi connectivity index (χ1v) is 8.19. The van der Waals surface area contributed by atoms with E-state index in [1.165, 1.54) is 0 Å². The first-order valence-electron chi connectivity index (χ1n) is 8.19. The Balaban J connectivity index is 1.65. The van der Waals surface area contributed by atoms with Crippen LogP contribution in [-0.2, 0) is 9.59 Å². The van der Waals surface area contributed by atoms with E-state index in [1.54, 1.807) is 0 Å². The van der Waals surface area contributed by atoms with Gasteiger partial charge in [0.15, 0.2) is 0 Å². The number of hydrogen-bond acceptors (Lipinski definition) is 4. The largest absolute Gasteiger partial charge is 0.333 e. The molecule has 0 saturated carbocycles. The highest BCUT2D eigenvalue weighted by atomic mass is 16.2. The van der Waals surface area contributed by atoms with Crippen molar-refractivity contribution in [3.63, 3.8) is 0 Å². The molecule has 1 aromatic carbocycles. The Morgan fingerprint density at radius 1 is 1.21 bits per heavy atom. The summed E-state index contributed by atoms with van der Waals surface area (Å²) in [5, 5.41) is 4.72. The van der Waals surface area contributed by atoms with E-state index >= 15 is 0 Å². The summed E-state index contributed by atoms with van der Waals surface area (Å²) in [4.78, 5) is 39.5. The van der Waals surface area contributed by atoms with Crippen LogP contribution in [0.3, 0.4) is 0 Å². The number of piperazine rings is 1. The maximum atomic E-state index is 12.7. The molecule has 0 aromatic heterocycles. The van der Waals surface area contributed by atoms with Crippen LogP contribution in [0.5, 0.6) is 0 Å². The molecule has 7 nitrogen and oxygen atoms in total. The van der Waals surface area contributed by atoms with Gasteiger partial charge in [0, 0.05) is 26.1 Å². The minimum absolute atomic E-state index is 0.0180. The van der Waals surface area contributed by atoms with Crippen LogP contribution in [0.1, 0.15) is 24.4 Å². The zero-order valence-electron chi connectivity index (χ0n) is 13.7. The Labute approximate surface area is 141 Å². The van der Waals surface area contributed by atoms with E-state index in [4.69, 9.17) is 0 Å². The lowest BCUT2D eigenvalue weighted by atomic mass is 10.0. The number of imide groups is 1. The summed E-state index contributed by atoms with van der Waals surface area (Å²) < 4.78 is 0. The van der Waals surface area contributed by atoms with Gasteiger partial charge in [-0.15, -0.1) is 0 Å². The van der Waals surface area contributed by atoms with E-state index in [-0.39, 0.29) is 24.3 Å². The van der Waals surface area contributed by atoms with Gasteiger partial charge in [-0.2, -0.15) is 0 Å². The quantitative estimate of drug-likeness (QED) is 0.787. The zero-order valence-corrected chi connectivity index (χ0v) is 13.7. The minimum atomic E-state index is -0.607. The normalized spacial score (nSPS) is 24.6. The summed E-state index contributed by atoms with van der Waals surface area (Å²) in [5.74, 6) is -0.336. The lowest BCUT2D eigenvalue weighted by molar-refractivity contribution is -0.136. The van der Waals surface area contributed by atoms with Crippen molar-refractivity contribution in [2.45, 2.75) is 24.9 Å². The lowest BCUT2D eigenvalue weighted by Gasteiger charge is -2.40. The molecular weight excluding hydrogens is 308 g/mol. The molecule has 0 unspecified atom stereocenters. The molecule has 1 aromatic rings. The first kappa shape index (κ1) is 16.4. The van der Waals surface area contributed by atoms with Gasteiger partial charge in [0.25, 0.3) is 5.91 Å². The Morgan fingerprint density at radius 2 is 1.96 bits per heavy atom. The summed E-state index contributed by atoms with van der Waals surface area (Å²) in [5.41, 5.74) is 1.12. The molecule has 4 amide bonds. The van der Waals surface area contributed by atoms with Crippen molar-refractivity contribution in [2.75, 3.05) is 26.7 Å². The number of benzene rings is 1. The van der Waals surface area contributed by atoms with Gasteiger partial charge < -0.3 is 15.1 Å². The topological polar surface area (TPSA) is 81.8 Å². The van der Waals surface area contributed by atoms with Gasteiger partial charge in [-0.25, -0.2) is 4.79 Å². The van der Waals surface area contributed by atoms with Crippen LogP contribution in [0.2, 0.25) is 0 Å². The fraction of sp³-hybridized carbons (Fsp3) is 0.471. The molecule has 0 radical (unpaired) electrons. The molecule has 128 valence electrons. The molecule has 0 bridgehead atoms. The minimum Gasteiger partial charge on any atom is -0.333 e. The number of rotatable bonds is 4. The predicted molar refractivity (Wildman–Crippen MR) is 88.1 cm³/mol. The second-order valence-corrected chi connectivity index (χ2v) is 6.33. The van der Waals surface area contributed by atoms with Gasteiger partial charge in [-0.1, -0.05) is 30.3 Å². The fourth-order valence-electron chi connectivity index (χ4n) is 3.25. The third-order valence-electron chi connectivity index (χ3n) is 4.59. The van der Waals surface area contributed by atoms with Crippen LogP contribution in [0.15, 0.2) is 30.3 Å². The smallest absolute Gasteiger partial charge is 0.322 e. The van der Waals surface area contributed by atoms with Crippen LogP contribution in [0.25, 0.3) is 0 Å². The lowest BCUT2D eigenvalue weighted by Crippen LogP contribution is -2.49. The van der Waals surface area contributed by atoms with Gasteiger partial charge in [0.05, 0.1) is 6.04 Å². The van der Waals surface area contributed by atoms with Gasteiger partial charge in [-0.05, 0) is 19.0 Å². The van der Waals surface area contributed by atoms with Gasteiger partial charge >= 0.3 is 6.03 Å². The van der Waals surface area contributed by atoms with Crippen LogP contribution in [0, 0.1) is 0 Å². The molecule has 24 heavy (non-hydrogen) atoms. The standard InChI is InChI=1S/C17H22N4O3/c1-20-9-10-21(14(11-20)12-5-3-2-4-6-12)15(22)8-7-13-16(23)19-17(24)18-13/h2-6,13-14H,7-11H2,1H3,(H2,18,19,23,24)/t13-,14+/m0/s1. The Hall–Kier alpha value is -2.41. The third-order valence-corrected chi connectivity index (χ3v) is 4.59. The van der Waals surface area contributed by atoms with Gasteiger partial charge in [0.2, 0.25) is 5.91 Å². The van der Waals surface area contributed by atoms with Crippen molar-refractivity contribution in [1.29, 1.82) is 0 Å². The number of urea groups is 1. The summed E-state index contributed by atoms with van der Waals surface area (Å²) in [6.07, 6.45) is 0.565. The highest BCUT2D eigenvalue weighted by Crippen LogP contribution is 2.25. The molecule has 7 heteroatoms. The highest BCUT2D eigenvalue weighted by Gasteiger charge is 2.33. The molecule has 0 spiro atoms. The number of amides is 4. The number of nitrogens with zero attached hydrogens (tertiary/aromatic N) is 2.